The smallest absolute Gasteiger partial charge is 0.243 e. The van der Waals surface area contributed by atoms with Crippen molar-refractivity contribution in [3.8, 4) is 0 Å². The van der Waals surface area contributed by atoms with Crippen LogP contribution >= 0.6 is 11.6 Å². The molecule has 106 valence electrons. The van der Waals surface area contributed by atoms with Gasteiger partial charge < -0.3 is 5.11 Å². The molecule has 0 spiro atoms. The molecule has 1 aliphatic heterocycles. The van der Waals surface area contributed by atoms with Crippen LogP contribution in [-0.2, 0) is 16.6 Å². The van der Waals surface area contributed by atoms with Crippen LogP contribution in [0, 0.1) is 5.92 Å². The van der Waals surface area contributed by atoms with Gasteiger partial charge in [0.15, 0.2) is 0 Å². The van der Waals surface area contributed by atoms with Crippen molar-refractivity contribution < 1.29 is 13.5 Å². The molecule has 4 nitrogen and oxygen atoms in total. The average Bonchev–Trinajstić information content (AvgIpc) is 2.88. The third-order valence-electron chi connectivity index (χ3n) is 3.66. The van der Waals surface area contributed by atoms with Crippen molar-refractivity contribution in [1.82, 2.24) is 4.31 Å². The number of benzene rings is 1. The molecule has 0 amide bonds. The summed E-state index contributed by atoms with van der Waals surface area (Å²) in [6.45, 7) is 3.03. The fourth-order valence-corrected chi connectivity index (χ4v) is 4.18. The standard InChI is InChI=1S/C13H18ClNO3S/c1-2-10-5-6-15(8-10)19(17,18)12-4-3-11(9-16)13(14)7-12/h3-4,7,10,16H,2,5-6,8-9H2,1H3. The van der Waals surface area contributed by atoms with Crippen molar-refractivity contribution in [3.63, 3.8) is 0 Å². The number of aliphatic hydroxyl groups is 1. The molecule has 1 fully saturated rings. The summed E-state index contributed by atoms with van der Waals surface area (Å²) in [6.07, 6.45) is 1.91. The van der Waals surface area contributed by atoms with E-state index in [0.717, 1.165) is 12.8 Å². The van der Waals surface area contributed by atoms with Crippen LogP contribution < -0.4 is 0 Å². The first-order valence-electron chi connectivity index (χ1n) is 6.38. The minimum absolute atomic E-state index is 0.194. The summed E-state index contributed by atoms with van der Waals surface area (Å²) in [5.74, 6) is 0.446. The van der Waals surface area contributed by atoms with Crippen molar-refractivity contribution in [1.29, 1.82) is 0 Å². The predicted octanol–water partition coefficient (Wildman–Crippen LogP) is 2.25. The maximum absolute atomic E-state index is 12.5. The van der Waals surface area contributed by atoms with Crippen LogP contribution in [0.1, 0.15) is 25.3 Å². The highest BCUT2D eigenvalue weighted by molar-refractivity contribution is 7.89. The zero-order valence-corrected chi connectivity index (χ0v) is 12.4. The molecule has 1 aromatic rings. The molecule has 1 aliphatic rings. The van der Waals surface area contributed by atoms with Gasteiger partial charge in [-0.3, -0.25) is 0 Å². The van der Waals surface area contributed by atoms with Crippen LogP contribution in [-0.4, -0.2) is 30.9 Å². The lowest BCUT2D eigenvalue weighted by atomic mass is 10.1. The summed E-state index contributed by atoms with van der Waals surface area (Å²) in [7, 11) is -3.46. The lowest BCUT2D eigenvalue weighted by Crippen LogP contribution is -2.28. The molecule has 1 N–H and O–H groups in total. The number of rotatable bonds is 4. The van der Waals surface area contributed by atoms with E-state index in [1.54, 1.807) is 6.07 Å². The lowest BCUT2D eigenvalue weighted by Gasteiger charge is -2.17. The molecule has 0 aromatic heterocycles. The van der Waals surface area contributed by atoms with E-state index in [1.807, 2.05) is 0 Å². The van der Waals surface area contributed by atoms with Crippen molar-refractivity contribution >= 4 is 21.6 Å². The van der Waals surface area contributed by atoms with E-state index in [-0.39, 0.29) is 16.5 Å². The molecule has 1 atom stereocenters. The third-order valence-corrected chi connectivity index (χ3v) is 5.87. The monoisotopic (exact) mass is 303 g/mol. The van der Waals surface area contributed by atoms with Gasteiger partial charge in [0.1, 0.15) is 0 Å². The summed E-state index contributed by atoms with van der Waals surface area (Å²) < 4.78 is 26.4. The van der Waals surface area contributed by atoms with Crippen LogP contribution in [0.5, 0.6) is 0 Å². The van der Waals surface area contributed by atoms with Crippen LogP contribution in [0.3, 0.4) is 0 Å². The summed E-state index contributed by atoms with van der Waals surface area (Å²) in [6, 6.07) is 4.48. The van der Waals surface area contributed by atoms with Gasteiger partial charge in [0.05, 0.1) is 11.5 Å². The Balaban J connectivity index is 2.27. The van der Waals surface area contributed by atoms with E-state index in [2.05, 4.69) is 6.92 Å². The Bertz CT molecular complexity index is 559. The number of halogens is 1. The minimum atomic E-state index is -3.46. The summed E-state index contributed by atoms with van der Waals surface area (Å²) >= 11 is 5.96. The van der Waals surface area contributed by atoms with E-state index >= 15 is 0 Å². The van der Waals surface area contributed by atoms with Crippen molar-refractivity contribution in [2.75, 3.05) is 13.1 Å². The van der Waals surface area contributed by atoms with Gasteiger partial charge in [0.2, 0.25) is 10.0 Å². The highest BCUT2D eigenvalue weighted by Gasteiger charge is 2.31. The normalized spacial score (nSPS) is 20.9. The van der Waals surface area contributed by atoms with Gasteiger partial charge in [0.25, 0.3) is 0 Å². The van der Waals surface area contributed by atoms with Crippen LogP contribution in [0.4, 0.5) is 0 Å². The highest BCUT2D eigenvalue weighted by atomic mass is 35.5. The molecule has 6 heteroatoms. The van der Waals surface area contributed by atoms with Gasteiger partial charge in [-0.05, 0) is 30.0 Å². The summed E-state index contributed by atoms with van der Waals surface area (Å²) in [5.41, 5.74) is 0.536. The molecule has 0 radical (unpaired) electrons. The first-order chi connectivity index (χ1) is 8.98. The fourth-order valence-electron chi connectivity index (χ4n) is 2.31. The van der Waals surface area contributed by atoms with E-state index in [1.165, 1.54) is 16.4 Å². The Morgan fingerprint density at radius 1 is 1.47 bits per heavy atom. The van der Waals surface area contributed by atoms with E-state index in [4.69, 9.17) is 16.7 Å². The van der Waals surface area contributed by atoms with Crippen LogP contribution in [0.15, 0.2) is 23.1 Å². The predicted molar refractivity (Wildman–Crippen MR) is 74.5 cm³/mol. The van der Waals surface area contributed by atoms with Crippen molar-refractivity contribution in [2.45, 2.75) is 31.3 Å². The highest BCUT2D eigenvalue weighted by Crippen LogP contribution is 2.28. The lowest BCUT2D eigenvalue weighted by molar-refractivity contribution is 0.282. The summed E-state index contributed by atoms with van der Waals surface area (Å²) in [5, 5.41) is 9.33. The van der Waals surface area contributed by atoms with Gasteiger partial charge in [-0.15, -0.1) is 0 Å². The maximum Gasteiger partial charge on any atom is 0.243 e. The maximum atomic E-state index is 12.5. The molecule has 1 unspecified atom stereocenters. The first-order valence-corrected chi connectivity index (χ1v) is 8.20. The van der Waals surface area contributed by atoms with Crippen LogP contribution in [0.2, 0.25) is 5.02 Å². The second-order valence-corrected chi connectivity index (χ2v) is 7.18. The quantitative estimate of drug-likeness (QED) is 0.928. The minimum Gasteiger partial charge on any atom is -0.392 e. The molecule has 2 rings (SSSR count). The van der Waals surface area contributed by atoms with Crippen molar-refractivity contribution in [2.24, 2.45) is 5.92 Å². The number of sulfonamides is 1. The second kappa shape index (κ2) is 5.79. The van der Waals surface area contributed by atoms with E-state index in [9.17, 15) is 8.42 Å². The molecule has 1 saturated heterocycles. The number of hydrogen-bond acceptors (Lipinski definition) is 3. The number of hydrogen-bond donors (Lipinski definition) is 1. The summed E-state index contributed by atoms with van der Waals surface area (Å²) in [4.78, 5) is 0.200. The van der Waals surface area contributed by atoms with Gasteiger partial charge in [0, 0.05) is 18.1 Å². The SMILES string of the molecule is CCC1CCN(S(=O)(=O)c2ccc(CO)c(Cl)c2)C1. The average molecular weight is 304 g/mol. The Hall–Kier alpha value is -0.620. The molecular formula is C13H18ClNO3S. The van der Waals surface area contributed by atoms with E-state index < -0.39 is 10.0 Å². The van der Waals surface area contributed by atoms with E-state index in [0.29, 0.717) is 24.6 Å². The second-order valence-electron chi connectivity index (χ2n) is 4.84. The van der Waals surface area contributed by atoms with Gasteiger partial charge >= 0.3 is 0 Å². The molecule has 0 aliphatic carbocycles. The molecule has 1 aromatic carbocycles. The fraction of sp³-hybridized carbons (Fsp3) is 0.538. The largest absolute Gasteiger partial charge is 0.392 e. The zero-order chi connectivity index (χ0) is 14.0. The Labute approximate surface area is 119 Å². The molecule has 0 bridgehead atoms. The van der Waals surface area contributed by atoms with Gasteiger partial charge in [-0.2, -0.15) is 4.31 Å². The molecule has 19 heavy (non-hydrogen) atoms. The molecule has 1 heterocycles. The molecular weight excluding hydrogens is 286 g/mol. The first kappa shape index (κ1) is 14.8. The third kappa shape index (κ3) is 2.94. The van der Waals surface area contributed by atoms with Crippen LogP contribution in [0.25, 0.3) is 0 Å². The molecule has 0 saturated carbocycles. The Kier molecular flexibility index (Phi) is 4.50. The van der Waals surface area contributed by atoms with Gasteiger partial charge in [-0.1, -0.05) is 31.0 Å². The number of aliphatic hydroxyl groups excluding tert-OH is 1. The number of nitrogens with zero attached hydrogens (tertiary/aromatic N) is 1. The Morgan fingerprint density at radius 2 is 2.21 bits per heavy atom. The van der Waals surface area contributed by atoms with Crippen molar-refractivity contribution in [3.05, 3.63) is 28.8 Å². The van der Waals surface area contributed by atoms with Gasteiger partial charge in [-0.25, -0.2) is 8.42 Å². The topological polar surface area (TPSA) is 57.6 Å². The Morgan fingerprint density at radius 3 is 2.74 bits per heavy atom. The zero-order valence-electron chi connectivity index (χ0n) is 10.8.